The van der Waals surface area contributed by atoms with Gasteiger partial charge < -0.3 is 28.4 Å². The summed E-state index contributed by atoms with van der Waals surface area (Å²) in [6.45, 7) is 4.60. The first kappa shape index (κ1) is 36.2. The van der Waals surface area contributed by atoms with E-state index in [4.69, 9.17) is 28.4 Å². The summed E-state index contributed by atoms with van der Waals surface area (Å²) in [7, 11) is 1.64. The van der Waals surface area contributed by atoms with Gasteiger partial charge in [-0.15, -0.1) is 0 Å². The Bertz CT molecular complexity index is 1680. The van der Waals surface area contributed by atoms with Gasteiger partial charge in [0.2, 0.25) is 0 Å². The van der Waals surface area contributed by atoms with Crippen LogP contribution in [0.2, 0.25) is 0 Å². The van der Waals surface area contributed by atoms with Crippen LogP contribution in [-0.4, -0.2) is 50.2 Å². The van der Waals surface area contributed by atoms with E-state index in [0.29, 0.717) is 26.2 Å². The molecule has 1 aliphatic rings. The number of Topliss-reactive ketones (excluding diaryl/α,β-unsaturated/α-hetero) is 1. The second-order valence-corrected chi connectivity index (χ2v) is 13.1. The summed E-state index contributed by atoms with van der Waals surface area (Å²) >= 11 is 0. The molecule has 0 amide bonds. The zero-order valence-corrected chi connectivity index (χ0v) is 29.5. The van der Waals surface area contributed by atoms with Gasteiger partial charge >= 0.3 is 0 Å². The van der Waals surface area contributed by atoms with Gasteiger partial charge in [-0.2, -0.15) is 0 Å². The van der Waals surface area contributed by atoms with Gasteiger partial charge in [-0.1, -0.05) is 133 Å². The average Bonchev–Trinajstić information content (AvgIpc) is 3.51. The molecule has 0 aliphatic carbocycles. The quantitative estimate of drug-likeness (QED) is 0.0720. The fraction of sp³-hybridized carbons (Fsp3) is 0.295. The maximum atomic E-state index is 14.4. The minimum absolute atomic E-state index is 0.227. The highest BCUT2D eigenvalue weighted by molar-refractivity contribution is 5.85. The Balaban J connectivity index is 1.25. The SMILES string of the molecule is COc1ccc(CO[C@H](CCOCc2ccccc2)[C@H]2OC(C)(C)O[C@@H]2C(=O)COC(c2ccccc2)(c2ccccc2)c2ccccc2)cc1. The molecule has 1 fully saturated rings. The zero-order valence-electron chi connectivity index (χ0n) is 29.5. The largest absolute Gasteiger partial charge is 0.497 e. The van der Waals surface area contributed by atoms with Crippen molar-refractivity contribution in [3.8, 4) is 5.75 Å². The van der Waals surface area contributed by atoms with Crippen molar-refractivity contribution in [1.82, 2.24) is 0 Å². The van der Waals surface area contributed by atoms with Crippen molar-refractivity contribution in [2.24, 2.45) is 0 Å². The Morgan fingerprint density at radius 2 is 1.20 bits per heavy atom. The maximum absolute atomic E-state index is 14.4. The van der Waals surface area contributed by atoms with Gasteiger partial charge in [0.1, 0.15) is 24.1 Å². The van der Waals surface area contributed by atoms with Crippen LogP contribution in [0.25, 0.3) is 0 Å². The summed E-state index contributed by atoms with van der Waals surface area (Å²) in [4.78, 5) is 14.4. The van der Waals surface area contributed by atoms with Crippen LogP contribution >= 0.6 is 0 Å². The third kappa shape index (κ3) is 9.00. The lowest BCUT2D eigenvalue weighted by atomic mass is 9.80. The number of rotatable bonds is 17. The number of carbonyl (C=O) groups is 1. The van der Waals surface area contributed by atoms with E-state index < -0.39 is 29.7 Å². The number of ketones is 1. The van der Waals surface area contributed by atoms with E-state index in [1.165, 1.54) is 0 Å². The van der Waals surface area contributed by atoms with E-state index in [9.17, 15) is 4.79 Å². The van der Waals surface area contributed by atoms with Crippen molar-refractivity contribution in [3.63, 3.8) is 0 Å². The predicted molar refractivity (Wildman–Crippen MR) is 196 cm³/mol. The van der Waals surface area contributed by atoms with Gasteiger partial charge in [-0.05, 0) is 60.2 Å². The summed E-state index contributed by atoms with van der Waals surface area (Å²) in [6.07, 6.45) is -1.66. The summed E-state index contributed by atoms with van der Waals surface area (Å²) in [5.41, 5.74) is 3.72. The molecule has 0 saturated carbocycles. The molecule has 0 radical (unpaired) electrons. The molecule has 264 valence electrons. The fourth-order valence-electron chi connectivity index (χ4n) is 6.57. The first-order chi connectivity index (χ1) is 24.9. The lowest BCUT2D eigenvalue weighted by molar-refractivity contribution is -0.165. The highest BCUT2D eigenvalue weighted by atomic mass is 16.8. The van der Waals surface area contributed by atoms with Gasteiger partial charge in [0.15, 0.2) is 17.7 Å². The van der Waals surface area contributed by atoms with Crippen LogP contribution in [0.5, 0.6) is 5.75 Å². The van der Waals surface area contributed by atoms with Crippen LogP contribution < -0.4 is 4.74 Å². The van der Waals surface area contributed by atoms with E-state index in [2.05, 4.69) is 0 Å². The molecular weight excluding hydrogens is 640 g/mol. The molecular formula is C44H46O7. The molecule has 7 nitrogen and oxygen atoms in total. The second-order valence-electron chi connectivity index (χ2n) is 13.1. The van der Waals surface area contributed by atoms with E-state index in [1.54, 1.807) is 7.11 Å². The maximum Gasteiger partial charge on any atom is 0.190 e. The molecule has 1 heterocycles. The minimum atomic E-state index is -1.06. The Hall–Kier alpha value is -4.63. The van der Waals surface area contributed by atoms with Gasteiger partial charge in [-0.25, -0.2) is 0 Å². The molecule has 0 unspecified atom stereocenters. The number of benzene rings is 5. The normalized spacial score (nSPS) is 17.5. The first-order valence-corrected chi connectivity index (χ1v) is 17.4. The van der Waals surface area contributed by atoms with Gasteiger partial charge in [0, 0.05) is 6.61 Å². The molecule has 0 N–H and O–H groups in total. The topological polar surface area (TPSA) is 72.5 Å². The van der Waals surface area contributed by atoms with E-state index in [0.717, 1.165) is 33.6 Å². The molecule has 7 heteroatoms. The van der Waals surface area contributed by atoms with Crippen molar-refractivity contribution in [2.45, 2.75) is 63.2 Å². The Morgan fingerprint density at radius 1 is 0.686 bits per heavy atom. The molecule has 3 atom stereocenters. The second kappa shape index (κ2) is 17.1. The highest BCUT2D eigenvalue weighted by Crippen LogP contribution is 2.41. The lowest BCUT2D eigenvalue weighted by Crippen LogP contribution is -2.44. The van der Waals surface area contributed by atoms with Gasteiger partial charge in [0.05, 0.1) is 26.4 Å². The molecule has 6 rings (SSSR count). The Kier molecular flexibility index (Phi) is 12.1. The highest BCUT2D eigenvalue weighted by Gasteiger charge is 2.49. The lowest BCUT2D eigenvalue weighted by Gasteiger charge is -2.36. The van der Waals surface area contributed by atoms with Crippen LogP contribution in [0, 0.1) is 0 Å². The number of hydrogen-bond donors (Lipinski definition) is 0. The van der Waals surface area contributed by atoms with Crippen LogP contribution in [-0.2, 0) is 47.3 Å². The average molecular weight is 687 g/mol. The third-order valence-electron chi connectivity index (χ3n) is 9.07. The molecule has 1 aliphatic heterocycles. The predicted octanol–water partition coefficient (Wildman–Crippen LogP) is 8.29. The summed E-state index contributed by atoms with van der Waals surface area (Å²) in [5, 5.41) is 0. The smallest absolute Gasteiger partial charge is 0.190 e. The number of hydrogen-bond acceptors (Lipinski definition) is 7. The van der Waals surface area contributed by atoms with E-state index in [-0.39, 0.29) is 12.4 Å². The summed E-state index contributed by atoms with van der Waals surface area (Å²) < 4.78 is 37.7. The van der Waals surface area contributed by atoms with Crippen LogP contribution in [0.4, 0.5) is 0 Å². The van der Waals surface area contributed by atoms with Crippen molar-refractivity contribution in [1.29, 1.82) is 0 Å². The van der Waals surface area contributed by atoms with Gasteiger partial charge in [-0.3, -0.25) is 4.79 Å². The minimum Gasteiger partial charge on any atom is -0.497 e. The Labute approximate surface area is 301 Å². The number of methoxy groups -OCH3 is 1. The van der Waals surface area contributed by atoms with Crippen molar-refractivity contribution in [2.75, 3.05) is 20.3 Å². The van der Waals surface area contributed by atoms with Crippen molar-refractivity contribution < 1.29 is 33.2 Å². The fourth-order valence-corrected chi connectivity index (χ4v) is 6.57. The van der Waals surface area contributed by atoms with Crippen molar-refractivity contribution in [3.05, 3.63) is 173 Å². The molecule has 1 saturated heterocycles. The third-order valence-corrected chi connectivity index (χ3v) is 9.07. The molecule has 0 bridgehead atoms. The molecule has 51 heavy (non-hydrogen) atoms. The molecule has 0 aromatic heterocycles. The van der Waals surface area contributed by atoms with Gasteiger partial charge in [0.25, 0.3) is 0 Å². The molecule has 0 spiro atoms. The van der Waals surface area contributed by atoms with E-state index in [1.807, 2.05) is 159 Å². The number of ether oxygens (including phenoxy) is 6. The Morgan fingerprint density at radius 3 is 1.73 bits per heavy atom. The molecule has 5 aromatic carbocycles. The zero-order chi connectivity index (χ0) is 35.5. The van der Waals surface area contributed by atoms with E-state index >= 15 is 0 Å². The number of carbonyl (C=O) groups excluding carboxylic acids is 1. The first-order valence-electron chi connectivity index (χ1n) is 17.4. The summed E-state index contributed by atoms with van der Waals surface area (Å²) in [6, 6.07) is 47.8. The summed E-state index contributed by atoms with van der Waals surface area (Å²) in [5.74, 6) is -0.490. The van der Waals surface area contributed by atoms with Crippen LogP contribution in [0.15, 0.2) is 146 Å². The monoisotopic (exact) mass is 686 g/mol. The standard InChI is InChI=1S/C44H46O7/c1-43(2)50-41(39(45)32-49-44(35-18-10-5-11-19-35,36-20-12-6-13-21-36)37-22-14-7-15-23-37)42(51-43)40(28-29-47-30-33-16-8-4-9-17-33)48-31-34-24-26-38(46-3)27-25-34/h4-27,40-42H,28-32H2,1-3H3/t40-,41-,42-/m1/s1. The van der Waals surface area contributed by atoms with Crippen LogP contribution in [0.1, 0.15) is 48.1 Å². The molecule has 5 aromatic rings. The van der Waals surface area contributed by atoms with Crippen LogP contribution in [0.3, 0.4) is 0 Å². The van der Waals surface area contributed by atoms with Crippen molar-refractivity contribution >= 4 is 5.78 Å².